The quantitative estimate of drug-likeness (QED) is 0.612. The minimum Gasteiger partial charge on any atom is -0.497 e. The summed E-state index contributed by atoms with van der Waals surface area (Å²) in [5.74, 6) is 0.938. The molecule has 0 fully saturated rings. The smallest absolute Gasteiger partial charge is 0.363 e. The molecule has 0 unspecified atom stereocenters. The lowest BCUT2D eigenvalue weighted by Crippen LogP contribution is -2.05. The zero-order valence-corrected chi connectivity index (χ0v) is 14.8. The summed E-state index contributed by atoms with van der Waals surface area (Å²) in [5.41, 5.74) is 2.43. The number of rotatable bonds is 4. The first kappa shape index (κ1) is 17.0. The molecule has 0 bridgehead atoms. The Hall–Kier alpha value is -2.79. The van der Waals surface area contributed by atoms with Gasteiger partial charge in [0, 0.05) is 16.1 Å². The molecule has 1 aliphatic rings. The molecule has 2 aromatic carbocycles. The van der Waals surface area contributed by atoms with E-state index in [0.29, 0.717) is 27.6 Å². The average Bonchev–Trinajstić information content (AvgIpc) is 2.98. The number of halogens is 1. The van der Waals surface area contributed by atoms with Crippen LogP contribution in [0.4, 0.5) is 0 Å². The van der Waals surface area contributed by atoms with E-state index in [1.54, 1.807) is 44.6 Å². The molecule has 5 nitrogen and oxygen atoms in total. The summed E-state index contributed by atoms with van der Waals surface area (Å²) >= 11 is 6.13. The summed E-state index contributed by atoms with van der Waals surface area (Å²) < 4.78 is 15.8. The first-order valence-corrected chi connectivity index (χ1v) is 7.90. The maximum absolute atomic E-state index is 12.2. The molecule has 1 heterocycles. The fourth-order valence-electron chi connectivity index (χ4n) is 2.36. The number of cyclic esters (lactones) is 1. The lowest BCUT2D eigenvalue weighted by Gasteiger charge is -2.07. The normalized spacial score (nSPS) is 15.1. The lowest BCUT2D eigenvalue weighted by atomic mass is 10.1. The molecule has 2 aromatic rings. The summed E-state index contributed by atoms with van der Waals surface area (Å²) in [5, 5.41) is 0.586. The van der Waals surface area contributed by atoms with Gasteiger partial charge in [0.25, 0.3) is 0 Å². The highest BCUT2D eigenvalue weighted by Crippen LogP contribution is 2.28. The first-order valence-electron chi connectivity index (χ1n) is 7.53. The molecule has 0 N–H and O–H groups in total. The Bertz CT molecular complexity index is 902. The Labute approximate surface area is 150 Å². The van der Waals surface area contributed by atoms with Crippen LogP contribution in [0.25, 0.3) is 6.08 Å². The first-order chi connectivity index (χ1) is 12.0. The van der Waals surface area contributed by atoms with Crippen LogP contribution in [0.2, 0.25) is 5.02 Å². The molecule has 0 spiro atoms. The maximum Gasteiger partial charge on any atom is 0.363 e. The van der Waals surface area contributed by atoms with Gasteiger partial charge in [0.15, 0.2) is 5.70 Å². The zero-order chi connectivity index (χ0) is 18.0. The van der Waals surface area contributed by atoms with E-state index < -0.39 is 5.97 Å². The fraction of sp³-hybridized carbons (Fsp3) is 0.158. The van der Waals surface area contributed by atoms with Gasteiger partial charge in [-0.2, -0.15) is 0 Å². The second-order valence-corrected chi connectivity index (χ2v) is 5.82. The number of hydrogen-bond acceptors (Lipinski definition) is 5. The highest BCUT2D eigenvalue weighted by Gasteiger charge is 2.25. The number of hydrogen-bond donors (Lipinski definition) is 0. The Morgan fingerprint density at radius 2 is 1.92 bits per heavy atom. The van der Waals surface area contributed by atoms with Gasteiger partial charge < -0.3 is 14.2 Å². The molecular weight excluding hydrogens is 342 g/mol. The molecule has 1 aliphatic heterocycles. The molecular formula is C19H16ClNO4. The van der Waals surface area contributed by atoms with E-state index in [4.69, 9.17) is 25.8 Å². The van der Waals surface area contributed by atoms with Crippen LogP contribution in [0.1, 0.15) is 16.7 Å². The van der Waals surface area contributed by atoms with Gasteiger partial charge in [-0.25, -0.2) is 9.79 Å². The van der Waals surface area contributed by atoms with Crippen molar-refractivity contribution in [3.63, 3.8) is 0 Å². The van der Waals surface area contributed by atoms with E-state index in [1.165, 1.54) is 0 Å². The number of methoxy groups -OCH3 is 2. The molecule has 0 saturated heterocycles. The van der Waals surface area contributed by atoms with Crippen molar-refractivity contribution >= 4 is 29.5 Å². The molecule has 0 saturated carbocycles. The van der Waals surface area contributed by atoms with Crippen molar-refractivity contribution in [1.29, 1.82) is 0 Å². The van der Waals surface area contributed by atoms with E-state index in [9.17, 15) is 4.79 Å². The van der Waals surface area contributed by atoms with Gasteiger partial charge in [-0.3, -0.25) is 0 Å². The van der Waals surface area contributed by atoms with Crippen LogP contribution in [0.3, 0.4) is 0 Å². The molecule has 3 rings (SSSR count). The third-order valence-electron chi connectivity index (χ3n) is 3.77. The molecule has 6 heteroatoms. The second kappa shape index (κ2) is 6.99. The average molecular weight is 358 g/mol. The van der Waals surface area contributed by atoms with Crippen LogP contribution in [-0.2, 0) is 9.53 Å². The van der Waals surface area contributed by atoms with Crippen molar-refractivity contribution in [1.82, 2.24) is 0 Å². The van der Waals surface area contributed by atoms with Gasteiger partial charge in [0.05, 0.1) is 14.2 Å². The molecule has 0 amide bonds. The number of carbonyl (C=O) groups is 1. The third kappa shape index (κ3) is 3.51. The van der Waals surface area contributed by atoms with Gasteiger partial charge in [-0.05, 0) is 48.9 Å². The Kier molecular flexibility index (Phi) is 4.76. The number of carbonyl (C=O) groups excluding carboxylic acids is 1. The predicted octanol–water partition coefficient (Wildman–Crippen LogP) is 4.01. The largest absolute Gasteiger partial charge is 0.497 e. The van der Waals surface area contributed by atoms with E-state index in [1.807, 2.05) is 19.1 Å². The monoisotopic (exact) mass is 357 g/mol. The molecule has 25 heavy (non-hydrogen) atoms. The summed E-state index contributed by atoms with van der Waals surface area (Å²) in [6, 6.07) is 10.7. The molecule has 128 valence electrons. The van der Waals surface area contributed by atoms with Crippen LogP contribution < -0.4 is 9.47 Å². The van der Waals surface area contributed by atoms with E-state index in [2.05, 4.69) is 4.99 Å². The van der Waals surface area contributed by atoms with Gasteiger partial charge in [0.2, 0.25) is 5.90 Å². The number of aliphatic imine (C=N–C) groups is 1. The summed E-state index contributed by atoms with van der Waals surface area (Å²) in [6.45, 7) is 1.90. The Morgan fingerprint density at radius 1 is 1.12 bits per heavy atom. The van der Waals surface area contributed by atoms with Crippen LogP contribution in [0.5, 0.6) is 11.5 Å². The second-order valence-electron chi connectivity index (χ2n) is 5.41. The third-order valence-corrected chi connectivity index (χ3v) is 4.18. The predicted molar refractivity (Wildman–Crippen MR) is 96.3 cm³/mol. The van der Waals surface area contributed by atoms with Crippen molar-refractivity contribution in [2.24, 2.45) is 4.99 Å². The lowest BCUT2D eigenvalue weighted by molar-refractivity contribution is -0.129. The standard InChI is InChI=1S/C19H16ClNO4/c1-11-4-5-12(9-15(11)20)18-21-16(19(22)25-18)10-13-8-14(23-2)6-7-17(13)24-3/h4-10H,1-3H3/b16-10-. The van der Waals surface area contributed by atoms with Gasteiger partial charge >= 0.3 is 5.97 Å². The Balaban J connectivity index is 2.00. The van der Waals surface area contributed by atoms with Gasteiger partial charge in [0.1, 0.15) is 11.5 Å². The molecule has 0 aliphatic carbocycles. The maximum atomic E-state index is 12.2. The SMILES string of the molecule is COc1ccc(OC)c(/C=C2\N=C(c3ccc(C)c(Cl)c3)OC2=O)c1. The fourth-order valence-corrected chi connectivity index (χ4v) is 2.54. The van der Waals surface area contributed by atoms with Crippen molar-refractivity contribution in [3.05, 3.63) is 63.8 Å². The number of ether oxygens (including phenoxy) is 3. The number of benzene rings is 2. The number of esters is 1. The highest BCUT2D eigenvalue weighted by atomic mass is 35.5. The number of nitrogens with zero attached hydrogens (tertiary/aromatic N) is 1. The van der Waals surface area contributed by atoms with Gasteiger partial charge in [-0.15, -0.1) is 0 Å². The van der Waals surface area contributed by atoms with Crippen molar-refractivity contribution in [2.75, 3.05) is 14.2 Å². The molecule has 0 atom stereocenters. The molecule has 0 radical (unpaired) electrons. The summed E-state index contributed by atoms with van der Waals surface area (Å²) in [4.78, 5) is 16.4. The minimum atomic E-state index is -0.531. The van der Waals surface area contributed by atoms with Crippen molar-refractivity contribution in [3.8, 4) is 11.5 Å². The van der Waals surface area contributed by atoms with Crippen LogP contribution in [0.15, 0.2) is 47.1 Å². The minimum absolute atomic E-state index is 0.179. The topological polar surface area (TPSA) is 57.1 Å². The highest BCUT2D eigenvalue weighted by molar-refractivity contribution is 6.31. The van der Waals surface area contributed by atoms with E-state index in [-0.39, 0.29) is 11.6 Å². The zero-order valence-electron chi connectivity index (χ0n) is 14.0. The van der Waals surface area contributed by atoms with Crippen molar-refractivity contribution < 1.29 is 19.0 Å². The van der Waals surface area contributed by atoms with Gasteiger partial charge in [-0.1, -0.05) is 17.7 Å². The summed E-state index contributed by atoms with van der Waals surface area (Å²) in [7, 11) is 3.12. The number of aryl methyl sites for hydroxylation is 1. The van der Waals surface area contributed by atoms with Crippen LogP contribution >= 0.6 is 11.6 Å². The van der Waals surface area contributed by atoms with Crippen LogP contribution in [-0.4, -0.2) is 26.1 Å². The van der Waals surface area contributed by atoms with E-state index in [0.717, 1.165) is 5.56 Å². The molecule has 0 aromatic heterocycles. The van der Waals surface area contributed by atoms with Crippen molar-refractivity contribution in [2.45, 2.75) is 6.92 Å². The van der Waals surface area contributed by atoms with E-state index >= 15 is 0 Å². The van der Waals surface area contributed by atoms with Crippen LogP contribution in [0, 0.1) is 6.92 Å². The summed E-state index contributed by atoms with van der Waals surface area (Å²) in [6.07, 6.45) is 1.60. The Morgan fingerprint density at radius 3 is 2.60 bits per heavy atom.